The maximum Gasteiger partial charge on any atom is 0.435 e. The van der Waals surface area contributed by atoms with E-state index >= 15 is 0 Å². The Morgan fingerprint density at radius 3 is 2.84 bits per heavy atom. The predicted molar refractivity (Wildman–Crippen MR) is 134 cm³/mol. The zero-order valence-electron chi connectivity index (χ0n) is 21.1. The Kier molecular flexibility index (Phi) is 7.35. The number of ether oxygens (including phenoxy) is 2. The number of hydrogen-bond donors (Lipinski definition) is 2. The summed E-state index contributed by atoms with van der Waals surface area (Å²) in [6.07, 6.45) is 0.273. The van der Waals surface area contributed by atoms with Gasteiger partial charge in [0, 0.05) is 41.7 Å². The topological polar surface area (TPSA) is 106 Å². The zero-order valence-corrected chi connectivity index (χ0v) is 21.1. The summed E-state index contributed by atoms with van der Waals surface area (Å²) in [7, 11) is 0. The molecule has 3 unspecified atom stereocenters. The molecule has 38 heavy (non-hydrogen) atoms. The number of halogens is 3. The molecule has 3 aromatic heterocycles. The Hall–Kier alpha value is -3.51. The minimum Gasteiger partial charge on any atom is -0.476 e. The average Bonchev–Trinajstić information content (AvgIpc) is 3.14. The van der Waals surface area contributed by atoms with Gasteiger partial charge in [0.2, 0.25) is 5.88 Å². The second-order valence-corrected chi connectivity index (χ2v) is 9.53. The molecular weight excluding hydrogens is 501 g/mol. The molecule has 9 nitrogen and oxygen atoms in total. The third-order valence-electron chi connectivity index (χ3n) is 6.89. The quantitative estimate of drug-likeness (QED) is 0.431. The molecule has 0 spiro atoms. The summed E-state index contributed by atoms with van der Waals surface area (Å²) in [5.41, 5.74) is 2.35. The van der Waals surface area contributed by atoms with Gasteiger partial charge in [0.05, 0.1) is 37.3 Å². The Balaban J connectivity index is 1.44. The molecule has 2 bridgehead atoms. The molecule has 0 aromatic carbocycles. The van der Waals surface area contributed by atoms with Crippen molar-refractivity contribution < 1.29 is 27.8 Å². The molecule has 12 heteroatoms. The van der Waals surface area contributed by atoms with E-state index < -0.39 is 18.1 Å². The van der Waals surface area contributed by atoms with Gasteiger partial charge in [-0.3, -0.25) is 4.98 Å². The fourth-order valence-electron chi connectivity index (χ4n) is 5.00. The molecule has 2 aliphatic rings. The van der Waals surface area contributed by atoms with E-state index in [2.05, 4.69) is 30.4 Å². The van der Waals surface area contributed by atoms with Crippen molar-refractivity contribution >= 4 is 11.4 Å². The van der Waals surface area contributed by atoms with Crippen LogP contribution in [0.1, 0.15) is 42.9 Å². The van der Waals surface area contributed by atoms with E-state index in [1.807, 2.05) is 19.9 Å². The van der Waals surface area contributed by atoms with Crippen LogP contribution in [0.2, 0.25) is 0 Å². The van der Waals surface area contributed by atoms with Gasteiger partial charge in [-0.15, -0.1) is 5.10 Å². The number of alkyl halides is 3. The van der Waals surface area contributed by atoms with Crippen LogP contribution in [-0.2, 0) is 10.9 Å². The van der Waals surface area contributed by atoms with Crippen LogP contribution in [0.25, 0.3) is 11.1 Å². The summed E-state index contributed by atoms with van der Waals surface area (Å²) in [6, 6.07) is 4.81. The molecule has 3 atom stereocenters. The number of fused-ring (bicyclic) bond motifs is 2. The number of nitrogens with zero attached hydrogens (tertiary/aromatic N) is 5. The molecule has 2 N–H and O–H groups in total. The van der Waals surface area contributed by atoms with Crippen LogP contribution in [0.5, 0.6) is 5.88 Å². The van der Waals surface area contributed by atoms with Crippen molar-refractivity contribution in [3.63, 3.8) is 0 Å². The summed E-state index contributed by atoms with van der Waals surface area (Å²) >= 11 is 0. The van der Waals surface area contributed by atoms with Crippen molar-refractivity contribution in [2.24, 2.45) is 5.92 Å². The van der Waals surface area contributed by atoms with E-state index in [1.165, 1.54) is 6.20 Å². The molecule has 5 heterocycles. The van der Waals surface area contributed by atoms with E-state index in [0.717, 1.165) is 60.8 Å². The lowest BCUT2D eigenvalue weighted by atomic mass is 10.0. The highest BCUT2D eigenvalue weighted by Gasteiger charge is 2.36. The van der Waals surface area contributed by atoms with Crippen molar-refractivity contribution in [2.45, 2.75) is 45.1 Å². The first-order chi connectivity index (χ1) is 18.2. The molecule has 0 amide bonds. The molecule has 0 radical (unpaired) electrons. The number of aliphatic hydroxyl groups is 1. The predicted octanol–water partition coefficient (Wildman–Crippen LogP) is 4.38. The highest BCUT2D eigenvalue weighted by atomic mass is 19.4. The van der Waals surface area contributed by atoms with Crippen molar-refractivity contribution in [3.8, 4) is 17.0 Å². The first-order valence-corrected chi connectivity index (χ1v) is 12.5. The maximum absolute atomic E-state index is 13.0. The lowest BCUT2D eigenvalue weighted by Gasteiger charge is -2.29. The van der Waals surface area contributed by atoms with Crippen LogP contribution in [0, 0.1) is 12.8 Å². The normalized spacial score (nSPS) is 20.2. The van der Waals surface area contributed by atoms with Gasteiger partial charge < -0.3 is 24.8 Å². The van der Waals surface area contributed by atoms with Crippen LogP contribution in [0.4, 0.5) is 24.5 Å². The van der Waals surface area contributed by atoms with Gasteiger partial charge >= 0.3 is 6.18 Å². The number of anilines is 2. The van der Waals surface area contributed by atoms with Crippen molar-refractivity contribution in [3.05, 3.63) is 53.7 Å². The number of aliphatic hydroxyl groups excluding tert-OH is 1. The lowest BCUT2D eigenvalue weighted by Crippen LogP contribution is -2.34. The molecule has 0 saturated carbocycles. The van der Waals surface area contributed by atoms with Crippen molar-refractivity contribution in [1.82, 2.24) is 20.2 Å². The van der Waals surface area contributed by atoms with Gasteiger partial charge in [-0.1, -0.05) is 0 Å². The molecule has 2 saturated heterocycles. The van der Waals surface area contributed by atoms with Crippen LogP contribution in [0.15, 0.2) is 36.8 Å². The van der Waals surface area contributed by atoms with Crippen molar-refractivity contribution in [2.75, 3.05) is 36.6 Å². The number of aromatic nitrogens is 4. The number of pyridine rings is 2. The fourth-order valence-corrected chi connectivity index (χ4v) is 5.00. The van der Waals surface area contributed by atoms with Crippen LogP contribution >= 0.6 is 0 Å². The average molecular weight is 531 g/mol. The molecule has 3 aromatic rings. The van der Waals surface area contributed by atoms with E-state index in [1.54, 1.807) is 12.3 Å². The summed E-state index contributed by atoms with van der Waals surface area (Å²) < 4.78 is 50.7. The second-order valence-electron chi connectivity index (χ2n) is 9.53. The van der Waals surface area contributed by atoms with E-state index in [-0.39, 0.29) is 11.6 Å². The highest BCUT2D eigenvalue weighted by Crippen LogP contribution is 2.40. The molecule has 2 aliphatic heterocycles. The van der Waals surface area contributed by atoms with Gasteiger partial charge in [0.25, 0.3) is 0 Å². The van der Waals surface area contributed by atoms with E-state index in [9.17, 15) is 18.3 Å². The SMILES string of the molecule is CCOc1ncc(-c2cc(NC(O)c3cnnc(C(F)(F)F)c3)cnc2C)cc1N1CC2CCOCC1C2. The van der Waals surface area contributed by atoms with Crippen LogP contribution in [0.3, 0.4) is 0 Å². The maximum atomic E-state index is 13.0. The van der Waals surface area contributed by atoms with E-state index in [0.29, 0.717) is 30.7 Å². The van der Waals surface area contributed by atoms with Gasteiger partial charge in [0.15, 0.2) is 11.9 Å². The highest BCUT2D eigenvalue weighted by molar-refractivity contribution is 5.74. The Morgan fingerprint density at radius 2 is 2.05 bits per heavy atom. The summed E-state index contributed by atoms with van der Waals surface area (Å²) in [6.45, 7) is 6.61. The van der Waals surface area contributed by atoms with Crippen LogP contribution in [-0.4, -0.2) is 57.7 Å². The molecule has 2 fully saturated rings. The Bertz CT molecular complexity index is 1290. The van der Waals surface area contributed by atoms with Gasteiger partial charge in [-0.05, 0) is 50.8 Å². The van der Waals surface area contributed by atoms with Crippen molar-refractivity contribution in [1.29, 1.82) is 0 Å². The first-order valence-electron chi connectivity index (χ1n) is 12.5. The number of aryl methyl sites for hydroxylation is 1. The summed E-state index contributed by atoms with van der Waals surface area (Å²) in [4.78, 5) is 11.4. The minimum atomic E-state index is -4.67. The van der Waals surface area contributed by atoms with Gasteiger partial charge in [-0.2, -0.15) is 18.3 Å². The number of rotatable bonds is 7. The largest absolute Gasteiger partial charge is 0.476 e. The molecule has 0 aliphatic carbocycles. The number of hydrogen-bond acceptors (Lipinski definition) is 9. The third kappa shape index (κ3) is 5.51. The second kappa shape index (κ2) is 10.7. The smallest absolute Gasteiger partial charge is 0.435 e. The Labute approximate surface area is 218 Å². The summed E-state index contributed by atoms with van der Waals surface area (Å²) in [5, 5.41) is 19.8. The monoisotopic (exact) mass is 530 g/mol. The van der Waals surface area contributed by atoms with Gasteiger partial charge in [-0.25, -0.2) is 4.98 Å². The third-order valence-corrected chi connectivity index (χ3v) is 6.89. The minimum absolute atomic E-state index is 0.0715. The van der Waals surface area contributed by atoms with E-state index in [4.69, 9.17) is 9.47 Å². The van der Waals surface area contributed by atoms with Crippen LogP contribution < -0.4 is 15.0 Å². The number of nitrogens with one attached hydrogen (secondary N) is 1. The lowest BCUT2D eigenvalue weighted by molar-refractivity contribution is -0.141. The standard InChI is InChI=1S/C26H29F3N6O3/c1-3-38-25-22(35-13-16-4-5-37-14-20(35)6-16)7-17(10-31-25)21-9-19(12-30-15(21)2)33-24(36)18-8-23(26(27,28)29)34-32-11-18/h7-12,16,20,24,33,36H,3-6,13-14H2,1-2H3. The van der Waals surface area contributed by atoms with Gasteiger partial charge in [0.1, 0.15) is 5.69 Å². The Morgan fingerprint density at radius 1 is 1.21 bits per heavy atom. The zero-order chi connectivity index (χ0) is 26.9. The molecule has 5 rings (SSSR count). The molecule has 202 valence electrons. The molecular formula is C26H29F3N6O3. The summed E-state index contributed by atoms with van der Waals surface area (Å²) in [5.74, 6) is 1.11. The first kappa shape index (κ1) is 26.1. The fraction of sp³-hybridized carbons (Fsp3) is 0.462.